The average Bonchev–Trinajstić information content (AvgIpc) is 2.23. The van der Waals surface area contributed by atoms with Crippen molar-refractivity contribution in [2.75, 3.05) is 18.0 Å². The molecule has 75 valence electrons. The van der Waals surface area contributed by atoms with Crippen LogP contribution < -0.4 is 4.90 Å². The summed E-state index contributed by atoms with van der Waals surface area (Å²) in [5.74, 6) is -0.183. The van der Waals surface area contributed by atoms with E-state index in [-0.39, 0.29) is 5.82 Å². The lowest BCUT2D eigenvalue weighted by Crippen LogP contribution is -2.29. The molecular weight excluding hydrogens is 245 g/mol. The Labute approximate surface area is 92.0 Å². The summed E-state index contributed by atoms with van der Waals surface area (Å²) in [7, 11) is 0. The molecule has 0 aromatic heterocycles. The molecule has 0 aliphatic carbocycles. The Morgan fingerprint density at radius 1 is 1.21 bits per heavy atom. The van der Waals surface area contributed by atoms with E-state index in [0.717, 1.165) is 31.6 Å². The Balaban J connectivity index is 2.18. The van der Waals surface area contributed by atoms with E-state index in [1.807, 2.05) is 6.07 Å². The van der Waals surface area contributed by atoms with Crippen molar-refractivity contribution in [1.29, 1.82) is 0 Å². The third-order valence-electron chi connectivity index (χ3n) is 2.47. The van der Waals surface area contributed by atoms with Gasteiger partial charge in [0.1, 0.15) is 5.82 Å². The Bertz CT molecular complexity index is 321. The summed E-state index contributed by atoms with van der Waals surface area (Å²) in [6, 6.07) is 5.32. The molecule has 1 aliphatic rings. The van der Waals surface area contributed by atoms with Crippen molar-refractivity contribution in [2.45, 2.75) is 12.8 Å². The van der Waals surface area contributed by atoms with Crippen molar-refractivity contribution in [3.05, 3.63) is 34.9 Å². The van der Waals surface area contributed by atoms with Crippen molar-refractivity contribution in [3.8, 4) is 0 Å². The second kappa shape index (κ2) is 4.30. The van der Waals surface area contributed by atoms with Crippen LogP contribution in [0.1, 0.15) is 12.8 Å². The van der Waals surface area contributed by atoms with Crippen molar-refractivity contribution in [3.63, 3.8) is 0 Å². The molecule has 2 rings (SSSR count). The Morgan fingerprint density at radius 2 is 1.93 bits per heavy atom. The zero-order valence-electron chi connectivity index (χ0n) is 7.84. The van der Waals surface area contributed by atoms with E-state index in [9.17, 15) is 4.39 Å². The van der Waals surface area contributed by atoms with E-state index in [2.05, 4.69) is 27.3 Å². The Morgan fingerprint density at radius 3 is 2.57 bits per heavy atom. The molecule has 0 spiro atoms. The fraction of sp³-hybridized carbons (Fsp3) is 0.364. The maximum Gasteiger partial charge on any atom is 0.139 e. The number of rotatable bonds is 1. The molecule has 1 radical (unpaired) electrons. The van der Waals surface area contributed by atoms with Gasteiger partial charge in [0, 0.05) is 18.8 Å². The topological polar surface area (TPSA) is 3.24 Å². The first-order valence-corrected chi connectivity index (χ1v) is 5.58. The maximum absolute atomic E-state index is 13.3. The molecule has 14 heavy (non-hydrogen) atoms. The van der Waals surface area contributed by atoms with Crippen LogP contribution in [-0.4, -0.2) is 13.1 Å². The minimum atomic E-state index is -0.183. The third-order valence-corrected chi connectivity index (χ3v) is 3.12. The van der Waals surface area contributed by atoms with Gasteiger partial charge in [0.05, 0.1) is 4.47 Å². The van der Waals surface area contributed by atoms with Crippen LogP contribution in [0, 0.1) is 12.2 Å². The summed E-state index contributed by atoms with van der Waals surface area (Å²) in [4.78, 5) is 2.22. The van der Waals surface area contributed by atoms with E-state index in [0.29, 0.717) is 4.47 Å². The largest absolute Gasteiger partial charge is 0.371 e. The van der Waals surface area contributed by atoms with Crippen LogP contribution in [0.2, 0.25) is 0 Å². The van der Waals surface area contributed by atoms with E-state index in [1.165, 1.54) is 0 Å². The molecule has 1 aromatic rings. The van der Waals surface area contributed by atoms with Gasteiger partial charge in [-0.1, -0.05) is 0 Å². The molecule has 0 N–H and O–H groups in total. The van der Waals surface area contributed by atoms with Crippen LogP contribution >= 0.6 is 15.9 Å². The van der Waals surface area contributed by atoms with E-state index < -0.39 is 0 Å². The number of hydrogen-bond donors (Lipinski definition) is 0. The summed E-state index contributed by atoms with van der Waals surface area (Å²) < 4.78 is 13.8. The molecule has 1 nitrogen and oxygen atoms in total. The van der Waals surface area contributed by atoms with Crippen molar-refractivity contribution in [2.24, 2.45) is 0 Å². The van der Waals surface area contributed by atoms with Gasteiger partial charge in [0.25, 0.3) is 0 Å². The molecule has 0 atom stereocenters. The molecule has 0 unspecified atom stereocenters. The number of anilines is 1. The lowest BCUT2D eigenvalue weighted by Gasteiger charge is -2.28. The molecule has 1 aromatic carbocycles. The number of piperidine rings is 1. The van der Waals surface area contributed by atoms with Crippen LogP contribution in [0.3, 0.4) is 0 Å². The molecule has 0 amide bonds. The molecule has 3 heteroatoms. The first-order valence-electron chi connectivity index (χ1n) is 4.79. The Hall–Kier alpha value is -0.570. The minimum Gasteiger partial charge on any atom is -0.371 e. The van der Waals surface area contributed by atoms with Crippen LogP contribution in [0.5, 0.6) is 0 Å². The normalized spacial score (nSPS) is 17.1. The zero-order chi connectivity index (χ0) is 9.97. The van der Waals surface area contributed by atoms with Crippen molar-refractivity contribution in [1.82, 2.24) is 0 Å². The molecular formula is C11H12BrFN. The molecule has 1 fully saturated rings. The molecule has 0 saturated carbocycles. The van der Waals surface area contributed by atoms with Crippen molar-refractivity contribution < 1.29 is 4.39 Å². The second-order valence-electron chi connectivity index (χ2n) is 3.45. The standard InChI is InChI=1S/C11H12BrFN/c12-10-5-4-9(8-11(10)13)14-6-2-1-3-7-14/h1,4-5,8H,2-3,6-7H2. The van der Waals surface area contributed by atoms with Gasteiger partial charge in [-0.2, -0.15) is 0 Å². The van der Waals surface area contributed by atoms with Gasteiger partial charge in [0.15, 0.2) is 0 Å². The SMILES string of the molecule is Fc1cc(N2CC[CH]CC2)ccc1Br. The lowest BCUT2D eigenvalue weighted by atomic mass is 10.1. The van der Waals surface area contributed by atoms with E-state index >= 15 is 0 Å². The third kappa shape index (κ3) is 2.08. The summed E-state index contributed by atoms with van der Waals surface area (Å²) in [6.07, 6.45) is 4.47. The molecule has 1 aliphatic heterocycles. The summed E-state index contributed by atoms with van der Waals surface area (Å²) >= 11 is 3.15. The van der Waals surface area contributed by atoms with Crippen LogP contribution in [0.4, 0.5) is 10.1 Å². The van der Waals surface area contributed by atoms with E-state index in [1.54, 1.807) is 12.1 Å². The smallest absolute Gasteiger partial charge is 0.139 e. The zero-order valence-corrected chi connectivity index (χ0v) is 9.43. The predicted octanol–water partition coefficient (Wildman–Crippen LogP) is 3.39. The molecule has 0 bridgehead atoms. The van der Waals surface area contributed by atoms with E-state index in [4.69, 9.17) is 0 Å². The highest BCUT2D eigenvalue weighted by atomic mass is 79.9. The first kappa shape index (κ1) is 9.97. The van der Waals surface area contributed by atoms with Gasteiger partial charge < -0.3 is 4.90 Å². The Kier molecular flexibility index (Phi) is 3.06. The number of halogens is 2. The second-order valence-corrected chi connectivity index (χ2v) is 4.31. The van der Waals surface area contributed by atoms with Gasteiger partial charge >= 0.3 is 0 Å². The van der Waals surface area contributed by atoms with Gasteiger partial charge in [-0.05, 0) is 53.4 Å². The van der Waals surface area contributed by atoms with Crippen molar-refractivity contribution >= 4 is 21.6 Å². The van der Waals surface area contributed by atoms with Crippen LogP contribution in [0.25, 0.3) is 0 Å². The first-order chi connectivity index (χ1) is 6.77. The number of hydrogen-bond acceptors (Lipinski definition) is 1. The molecule has 1 heterocycles. The highest BCUT2D eigenvalue weighted by Crippen LogP contribution is 2.24. The number of nitrogens with zero attached hydrogens (tertiary/aromatic N) is 1. The van der Waals surface area contributed by atoms with Gasteiger partial charge in [-0.25, -0.2) is 4.39 Å². The van der Waals surface area contributed by atoms with Crippen LogP contribution in [0.15, 0.2) is 22.7 Å². The predicted molar refractivity (Wildman–Crippen MR) is 59.8 cm³/mol. The maximum atomic E-state index is 13.3. The number of benzene rings is 1. The summed E-state index contributed by atoms with van der Waals surface area (Å²) in [5.41, 5.74) is 0.985. The average molecular weight is 257 g/mol. The summed E-state index contributed by atoms with van der Waals surface area (Å²) in [5, 5.41) is 0. The monoisotopic (exact) mass is 256 g/mol. The fourth-order valence-electron chi connectivity index (χ4n) is 1.69. The van der Waals surface area contributed by atoms with Gasteiger partial charge in [0.2, 0.25) is 0 Å². The highest BCUT2D eigenvalue weighted by Gasteiger charge is 2.12. The van der Waals surface area contributed by atoms with Gasteiger partial charge in [-0.15, -0.1) is 0 Å². The fourth-order valence-corrected chi connectivity index (χ4v) is 1.94. The highest BCUT2D eigenvalue weighted by molar-refractivity contribution is 9.10. The van der Waals surface area contributed by atoms with Gasteiger partial charge in [-0.3, -0.25) is 0 Å². The minimum absolute atomic E-state index is 0.183. The lowest BCUT2D eigenvalue weighted by molar-refractivity contribution is 0.616. The van der Waals surface area contributed by atoms with Crippen LogP contribution in [-0.2, 0) is 0 Å². The quantitative estimate of drug-likeness (QED) is 0.745. The summed E-state index contributed by atoms with van der Waals surface area (Å²) in [6.45, 7) is 2.00. The molecule has 1 saturated heterocycles.